The number of amides is 2. The highest BCUT2D eigenvalue weighted by Gasteiger charge is 2.46. The standard InChI is InChI=1S/C9H10ClNO2/c1-11-8(12)6-3-2-5(10)4-7(6)9(11)13/h2-3,5-7H,4H2,1H3. The Morgan fingerprint density at radius 2 is 2.08 bits per heavy atom. The summed E-state index contributed by atoms with van der Waals surface area (Å²) in [5, 5.41) is -0.107. The van der Waals surface area contributed by atoms with Crippen LogP contribution in [-0.4, -0.2) is 29.1 Å². The Morgan fingerprint density at radius 1 is 1.38 bits per heavy atom. The average Bonchev–Trinajstić information content (AvgIpc) is 2.32. The first-order chi connectivity index (χ1) is 6.11. The van der Waals surface area contributed by atoms with Gasteiger partial charge < -0.3 is 0 Å². The molecule has 0 aromatic heterocycles. The molecule has 3 atom stereocenters. The highest BCUT2D eigenvalue weighted by molar-refractivity contribution is 6.22. The van der Waals surface area contributed by atoms with Gasteiger partial charge in [-0.1, -0.05) is 12.2 Å². The Hall–Kier alpha value is -0.830. The molecule has 0 bridgehead atoms. The van der Waals surface area contributed by atoms with Crippen LogP contribution in [-0.2, 0) is 9.59 Å². The molecular formula is C9H10ClNO2. The molecule has 3 nitrogen and oxygen atoms in total. The van der Waals surface area contributed by atoms with E-state index in [1.165, 1.54) is 11.9 Å². The summed E-state index contributed by atoms with van der Waals surface area (Å²) in [7, 11) is 1.53. The Kier molecular flexibility index (Phi) is 1.91. The number of rotatable bonds is 0. The Morgan fingerprint density at radius 3 is 2.77 bits per heavy atom. The summed E-state index contributed by atoms with van der Waals surface area (Å²) in [6, 6.07) is 0. The topological polar surface area (TPSA) is 37.4 Å². The fraction of sp³-hybridized carbons (Fsp3) is 0.556. The SMILES string of the molecule is CN1C(=O)C2C=CC(Cl)CC2C1=O. The first-order valence-corrected chi connectivity index (χ1v) is 4.68. The molecule has 1 heterocycles. The van der Waals surface area contributed by atoms with Crippen LogP contribution >= 0.6 is 11.6 Å². The highest BCUT2D eigenvalue weighted by atomic mass is 35.5. The van der Waals surface area contributed by atoms with Gasteiger partial charge in [-0.25, -0.2) is 0 Å². The van der Waals surface area contributed by atoms with Crippen LogP contribution in [0.1, 0.15) is 6.42 Å². The number of likely N-dealkylation sites (tertiary alicyclic amines) is 1. The summed E-state index contributed by atoms with van der Waals surface area (Å²) in [6.07, 6.45) is 4.14. The van der Waals surface area contributed by atoms with Crippen molar-refractivity contribution in [2.45, 2.75) is 11.8 Å². The highest BCUT2D eigenvalue weighted by Crippen LogP contribution is 2.35. The molecule has 0 spiro atoms. The van der Waals surface area contributed by atoms with Gasteiger partial charge in [-0.3, -0.25) is 14.5 Å². The van der Waals surface area contributed by atoms with E-state index < -0.39 is 0 Å². The maximum Gasteiger partial charge on any atom is 0.236 e. The van der Waals surface area contributed by atoms with Crippen molar-refractivity contribution < 1.29 is 9.59 Å². The average molecular weight is 200 g/mol. The van der Waals surface area contributed by atoms with E-state index >= 15 is 0 Å². The van der Waals surface area contributed by atoms with E-state index in [9.17, 15) is 9.59 Å². The van der Waals surface area contributed by atoms with Gasteiger partial charge in [-0.2, -0.15) is 0 Å². The summed E-state index contributed by atoms with van der Waals surface area (Å²) in [4.78, 5) is 24.2. The van der Waals surface area contributed by atoms with Crippen molar-refractivity contribution in [3.63, 3.8) is 0 Å². The molecule has 0 N–H and O–H groups in total. The quantitative estimate of drug-likeness (QED) is 0.329. The zero-order valence-electron chi connectivity index (χ0n) is 7.24. The maximum absolute atomic E-state index is 11.5. The number of nitrogens with zero attached hydrogens (tertiary/aromatic N) is 1. The predicted octanol–water partition coefficient (Wildman–Crippen LogP) is 0.785. The molecule has 0 saturated carbocycles. The molecule has 1 aliphatic heterocycles. The first-order valence-electron chi connectivity index (χ1n) is 4.25. The molecule has 1 aliphatic carbocycles. The maximum atomic E-state index is 11.5. The number of hydrogen-bond donors (Lipinski definition) is 0. The monoisotopic (exact) mass is 199 g/mol. The third-order valence-electron chi connectivity index (χ3n) is 2.70. The van der Waals surface area contributed by atoms with Gasteiger partial charge in [0, 0.05) is 7.05 Å². The van der Waals surface area contributed by atoms with Crippen LogP contribution in [0, 0.1) is 11.8 Å². The minimum Gasteiger partial charge on any atom is -0.285 e. The molecule has 0 aromatic carbocycles. The molecule has 4 heteroatoms. The minimum atomic E-state index is -0.257. The minimum absolute atomic E-state index is 0.0926. The number of alkyl halides is 1. The van der Waals surface area contributed by atoms with Crippen molar-refractivity contribution in [2.24, 2.45) is 11.8 Å². The van der Waals surface area contributed by atoms with Crippen molar-refractivity contribution in [3.05, 3.63) is 12.2 Å². The molecule has 0 aromatic rings. The molecule has 2 aliphatic rings. The fourth-order valence-electron chi connectivity index (χ4n) is 1.93. The Balaban J connectivity index is 2.32. The van der Waals surface area contributed by atoms with E-state index in [1.54, 1.807) is 12.2 Å². The molecule has 1 saturated heterocycles. The van der Waals surface area contributed by atoms with E-state index in [4.69, 9.17) is 11.6 Å². The van der Waals surface area contributed by atoms with E-state index in [0.717, 1.165) is 0 Å². The van der Waals surface area contributed by atoms with Gasteiger partial charge in [0.25, 0.3) is 0 Å². The lowest BCUT2D eigenvalue weighted by atomic mass is 9.86. The molecule has 2 amide bonds. The lowest BCUT2D eigenvalue weighted by molar-refractivity contribution is -0.138. The molecule has 2 rings (SSSR count). The van der Waals surface area contributed by atoms with Crippen LogP contribution in [0.15, 0.2) is 12.2 Å². The van der Waals surface area contributed by atoms with E-state index in [1.807, 2.05) is 0 Å². The van der Waals surface area contributed by atoms with Gasteiger partial charge in [0.15, 0.2) is 0 Å². The van der Waals surface area contributed by atoms with Crippen molar-refractivity contribution in [1.29, 1.82) is 0 Å². The summed E-state index contributed by atoms with van der Waals surface area (Å²) < 4.78 is 0. The number of carbonyl (C=O) groups excluding carboxylic acids is 2. The largest absolute Gasteiger partial charge is 0.285 e. The van der Waals surface area contributed by atoms with Gasteiger partial charge in [-0.15, -0.1) is 11.6 Å². The van der Waals surface area contributed by atoms with Crippen molar-refractivity contribution in [3.8, 4) is 0 Å². The van der Waals surface area contributed by atoms with E-state index in [-0.39, 0.29) is 29.0 Å². The molecule has 13 heavy (non-hydrogen) atoms. The van der Waals surface area contributed by atoms with Crippen LogP contribution in [0.2, 0.25) is 0 Å². The lowest BCUT2D eigenvalue weighted by Gasteiger charge is -2.18. The van der Waals surface area contributed by atoms with Crippen molar-refractivity contribution in [1.82, 2.24) is 4.90 Å². The molecule has 1 fully saturated rings. The van der Waals surface area contributed by atoms with Crippen LogP contribution in [0.5, 0.6) is 0 Å². The number of halogens is 1. The van der Waals surface area contributed by atoms with Gasteiger partial charge in [0.1, 0.15) is 0 Å². The Labute approximate surface area is 81.3 Å². The number of hydrogen-bond acceptors (Lipinski definition) is 2. The summed E-state index contributed by atoms with van der Waals surface area (Å²) >= 11 is 5.88. The van der Waals surface area contributed by atoms with E-state index in [2.05, 4.69) is 0 Å². The molecule has 70 valence electrons. The second-order valence-electron chi connectivity index (χ2n) is 3.50. The van der Waals surface area contributed by atoms with Crippen LogP contribution in [0.25, 0.3) is 0 Å². The second-order valence-corrected chi connectivity index (χ2v) is 4.06. The number of carbonyl (C=O) groups is 2. The van der Waals surface area contributed by atoms with Crippen LogP contribution in [0.3, 0.4) is 0 Å². The number of allylic oxidation sites excluding steroid dienone is 1. The summed E-state index contributed by atoms with van der Waals surface area (Å²) in [6.45, 7) is 0. The zero-order chi connectivity index (χ0) is 9.59. The smallest absolute Gasteiger partial charge is 0.236 e. The molecule has 0 radical (unpaired) electrons. The molecule has 3 unspecified atom stereocenters. The predicted molar refractivity (Wildman–Crippen MR) is 48.2 cm³/mol. The van der Waals surface area contributed by atoms with Gasteiger partial charge in [0.05, 0.1) is 17.2 Å². The third kappa shape index (κ3) is 1.18. The van der Waals surface area contributed by atoms with Gasteiger partial charge in [0.2, 0.25) is 11.8 Å². The van der Waals surface area contributed by atoms with Crippen LogP contribution in [0.4, 0.5) is 0 Å². The summed E-state index contributed by atoms with van der Waals surface area (Å²) in [5.74, 6) is -0.669. The van der Waals surface area contributed by atoms with E-state index in [0.29, 0.717) is 6.42 Å². The second kappa shape index (κ2) is 2.84. The fourth-order valence-corrected chi connectivity index (χ4v) is 2.21. The normalized spacial score (nSPS) is 38.3. The van der Waals surface area contributed by atoms with Crippen LogP contribution < -0.4 is 0 Å². The number of fused-ring (bicyclic) bond motifs is 1. The third-order valence-corrected chi connectivity index (χ3v) is 3.03. The lowest BCUT2D eigenvalue weighted by Crippen LogP contribution is -2.26. The zero-order valence-corrected chi connectivity index (χ0v) is 7.99. The van der Waals surface area contributed by atoms with Gasteiger partial charge >= 0.3 is 0 Å². The van der Waals surface area contributed by atoms with Gasteiger partial charge in [-0.05, 0) is 6.42 Å². The van der Waals surface area contributed by atoms with Crippen molar-refractivity contribution >= 4 is 23.4 Å². The Bertz CT molecular complexity index is 300. The first kappa shape index (κ1) is 8.75. The van der Waals surface area contributed by atoms with Crippen molar-refractivity contribution in [2.75, 3.05) is 7.05 Å². The summed E-state index contributed by atoms with van der Waals surface area (Å²) in [5.41, 5.74) is 0. The molecular weight excluding hydrogens is 190 g/mol. The number of imide groups is 1.